The van der Waals surface area contributed by atoms with Crippen LogP contribution in [0, 0.1) is 11.3 Å². The maximum absolute atomic E-state index is 9.73. The van der Waals surface area contributed by atoms with E-state index < -0.39 is 6.10 Å². The molecule has 0 heterocycles. The van der Waals surface area contributed by atoms with Crippen molar-refractivity contribution in [3.63, 3.8) is 0 Å². The molecule has 0 spiro atoms. The van der Waals surface area contributed by atoms with Crippen LogP contribution in [0.25, 0.3) is 0 Å². The van der Waals surface area contributed by atoms with Crippen LogP contribution in [-0.4, -0.2) is 5.11 Å². The first-order chi connectivity index (χ1) is 9.10. The van der Waals surface area contributed by atoms with E-state index in [4.69, 9.17) is 10.00 Å². The van der Waals surface area contributed by atoms with Gasteiger partial charge in [0.1, 0.15) is 11.5 Å². The van der Waals surface area contributed by atoms with E-state index >= 15 is 0 Å². The van der Waals surface area contributed by atoms with Crippen LogP contribution in [0.3, 0.4) is 0 Å². The van der Waals surface area contributed by atoms with Gasteiger partial charge in [-0.1, -0.05) is 28.1 Å². The number of hydrogen-bond donors (Lipinski definition) is 1. The lowest BCUT2D eigenvalue weighted by Crippen LogP contribution is -1.97. The quantitative estimate of drug-likeness (QED) is 0.924. The van der Waals surface area contributed by atoms with Gasteiger partial charge in [-0.15, -0.1) is 0 Å². The Morgan fingerprint density at radius 1 is 1.26 bits per heavy atom. The first-order valence-electron chi connectivity index (χ1n) is 5.75. The summed E-state index contributed by atoms with van der Waals surface area (Å²) in [6.45, 7) is 1.66. The molecule has 0 bridgehead atoms. The van der Waals surface area contributed by atoms with Gasteiger partial charge < -0.3 is 9.84 Å². The Kier molecular flexibility index (Phi) is 4.20. The summed E-state index contributed by atoms with van der Waals surface area (Å²) in [6.07, 6.45) is -0.658. The third kappa shape index (κ3) is 3.34. The van der Waals surface area contributed by atoms with E-state index in [9.17, 15) is 5.11 Å². The van der Waals surface area contributed by atoms with Crippen LogP contribution in [0.4, 0.5) is 0 Å². The van der Waals surface area contributed by atoms with Crippen LogP contribution in [0.5, 0.6) is 11.5 Å². The van der Waals surface area contributed by atoms with E-state index in [-0.39, 0.29) is 0 Å². The van der Waals surface area contributed by atoms with Crippen LogP contribution in [0.15, 0.2) is 46.9 Å². The molecular formula is C15H12BrNO2. The van der Waals surface area contributed by atoms with Gasteiger partial charge in [0.25, 0.3) is 0 Å². The number of hydrogen-bond acceptors (Lipinski definition) is 3. The van der Waals surface area contributed by atoms with Gasteiger partial charge in [0.05, 0.1) is 17.7 Å². The molecule has 1 atom stereocenters. The summed E-state index contributed by atoms with van der Waals surface area (Å²) in [5.41, 5.74) is 1.15. The molecule has 0 saturated heterocycles. The summed E-state index contributed by atoms with van der Waals surface area (Å²) < 4.78 is 6.66. The fourth-order valence-electron chi connectivity index (χ4n) is 1.69. The van der Waals surface area contributed by atoms with Gasteiger partial charge in [-0.05, 0) is 37.3 Å². The SMILES string of the molecule is C[C@@H](O)c1ccc(C#N)cc1Oc1cccc(Br)c1. The highest BCUT2D eigenvalue weighted by Gasteiger charge is 2.11. The fraction of sp³-hybridized carbons (Fsp3) is 0.133. The molecule has 0 amide bonds. The second-order valence-corrected chi connectivity index (χ2v) is 5.02. The fourth-order valence-corrected chi connectivity index (χ4v) is 2.07. The Labute approximate surface area is 120 Å². The summed E-state index contributed by atoms with van der Waals surface area (Å²) in [4.78, 5) is 0. The van der Waals surface area contributed by atoms with Gasteiger partial charge in [-0.25, -0.2) is 0 Å². The van der Waals surface area contributed by atoms with Crippen LogP contribution < -0.4 is 4.74 Å². The van der Waals surface area contributed by atoms with Crippen LogP contribution in [-0.2, 0) is 0 Å². The Morgan fingerprint density at radius 3 is 2.68 bits per heavy atom. The predicted molar refractivity (Wildman–Crippen MR) is 76.0 cm³/mol. The molecule has 0 aliphatic rings. The molecule has 0 fully saturated rings. The molecule has 1 N–H and O–H groups in total. The minimum atomic E-state index is -0.658. The van der Waals surface area contributed by atoms with Gasteiger partial charge in [-0.2, -0.15) is 5.26 Å². The third-order valence-corrected chi connectivity index (χ3v) is 3.11. The number of rotatable bonds is 3. The topological polar surface area (TPSA) is 53.2 Å². The average molecular weight is 318 g/mol. The molecule has 2 aromatic carbocycles. The smallest absolute Gasteiger partial charge is 0.134 e. The van der Waals surface area contributed by atoms with E-state index in [1.807, 2.05) is 24.3 Å². The van der Waals surface area contributed by atoms with Crippen molar-refractivity contribution in [3.05, 3.63) is 58.1 Å². The van der Waals surface area contributed by atoms with Crippen molar-refractivity contribution in [2.45, 2.75) is 13.0 Å². The van der Waals surface area contributed by atoms with Crippen LogP contribution in [0.2, 0.25) is 0 Å². The number of nitriles is 1. The van der Waals surface area contributed by atoms with Gasteiger partial charge in [0.2, 0.25) is 0 Å². The Morgan fingerprint density at radius 2 is 2.05 bits per heavy atom. The molecule has 0 radical (unpaired) electrons. The molecule has 2 rings (SSSR count). The van der Waals surface area contributed by atoms with Crippen molar-refractivity contribution < 1.29 is 9.84 Å². The summed E-state index contributed by atoms with van der Waals surface area (Å²) in [5, 5.41) is 18.7. The summed E-state index contributed by atoms with van der Waals surface area (Å²) >= 11 is 3.37. The first-order valence-corrected chi connectivity index (χ1v) is 6.55. The van der Waals surface area contributed by atoms with E-state index in [0.29, 0.717) is 22.6 Å². The highest BCUT2D eigenvalue weighted by molar-refractivity contribution is 9.10. The maximum atomic E-state index is 9.73. The lowest BCUT2D eigenvalue weighted by atomic mass is 10.1. The average Bonchev–Trinajstić information content (AvgIpc) is 2.38. The second kappa shape index (κ2) is 5.87. The number of ether oxygens (including phenoxy) is 1. The van der Waals surface area contributed by atoms with E-state index in [0.717, 1.165) is 4.47 Å². The van der Waals surface area contributed by atoms with Crippen molar-refractivity contribution >= 4 is 15.9 Å². The number of benzene rings is 2. The molecular weight excluding hydrogens is 306 g/mol. The van der Waals surface area contributed by atoms with E-state index in [2.05, 4.69) is 22.0 Å². The number of aliphatic hydroxyl groups is 1. The number of halogens is 1. The lowest BCUT2D eigenvalue weighted by Gasteiger charge is -2.13. The Balaban J connectivity index is 2.40. The lowest BCUT2D eigenvalue weighted by molar-refractivity contribution is 0.195. The first kappa shape index (κ1) is 13.6. The highest BCUT2D eigenvalue weighted by atomic mass is 79.9. The minimum Gasteiger partial charge on any atom is -0.457 e. The molecule has 0 unspecified atom stereocenters. The number of nitrogens with zero attached hydrogens (tertiary/aromatic N) is 1. The van der Waals surface area contributed by atoms with Crippen molar-refractivity contribution in [1.29, 1.82) is 5.26 Å². The monoisotopic (exact) mass is 317 g/mol. The van der Waals surface area contributed by atoms with Crippen molar-refractivity contribution in [1.82, 2.24) is 0 Å². The molecule has 2 aromatic rings. The molecule has 4 heteroatoms. The highest BCUT2D eigenvalue weighted by Crippen LogP contribution is 2.31. The van der Waals surface area contributed by atoms with Gasteiger partial charge in [-0.3, -0.25) is 0 Å². The molecule has 0 aliphatic heterocycles. The molecule has 0 saturated carbocycles. The molecule has 0 aliphatic carbocycles. The van der Waals surface area contributed by atoms with Crippen molar-refractivity contribution in [2.75, 3.05) is 0 Å². The second-order valence-electron chi connectivity index (χ2n) is 4.10. The van der Waals surface area contributed by atoms with Crippen LogP contribution in [0.1, 0.15) is 24.2 Å². The van der Waals surface area contributed by atoms with Crippen molar-refractivity contribution in [3.8, 4) is 17.6 Å². The standard InChI is InChI=1S/C15H12BrNO2/c1-10(18)14-6-5-11(9-17)7-15(14)19-13-4-2-3-12(16)8-13/h2-8,10,18H,1H3/t10-/m1/s1. The van der Waals surface area contributed by atoms with Gasteiger partial charge in [0, 0.05) is 10.0 Å². The molecule has 19 heavy (non-hydrogen) atoms. The molecule has 96 valence electrons. The predicted octanol–water partition coefficient (Wildman–Crippen LogP) is 4.17. The Hall–Kier alpha value is -1.83. The zero-order valence-corrected chi connectivity index (χ0v) is 11.9. The Bertz CT molecular complexity index is 632. The minimum absolute atomic E-state index is 0.493. The summed E-state index contributed by atoms with van der Waals surface area (Å²) in [5.74, 6) is 1.14. The van der Waals surface area contributed by atoms with E-state index in [1.165, 1.54) is 0 Å². The zero-order valence-electron chi connectivity index (χ0n) is 10.3. The van der Waals surface area contributed by atoms with Gasteiger partial charge in [0.15, 0.2) is 0 Å². The zero-order chi connectivity index (χ0) is 13.8. The number of aliphatic hydroxyl groups excluding tert-OH is 1. The summed E-state index contributed by atoms with van der Waals surface area (Å²) in [6, 6.07) is 14.4. The third-order valence-electron chi connectivity index (χ3n) is 2.62. The van der Waals surface area contributed by atoms with E-state index in [1.54, 1.807) is 25.1 Å². The largest absolute Gasteiger partial charge is 0.457 e. The molecule has 3 nitrogen and oxygen atoms in total. The summed E-state index contributed by atoms with van der Waals surface area (Å²) in [7, 11) is 0. The normalized spacial score (nSPS) is 11.7. The maximum Gasteiger partial charge on any atom is 0.134 e. The van der Waals surface area contributed by atoms with Crippen molar-refractivity contribution in [2.24, 2.45) is 0 Å². The molecule has 0 aromatic heterocycles. The van der Waals surface area contributed by atoms with Gasteiger partial charge >= 0.3 is 0 Å². The van der Waals surface area contributed by atoms with Crippen LogP contribution >= 0.6 is 15.9 Å².